The fraction of sp³-hybridized carbons (Fsp3) is 0.458. The van der Waals surface area contributed by atoms with Crippen LogP contribution < -0.4 is 16.4 Å². The van der Waals surface area contributed by atoms with Gasteiger partial charge in [0.05, 0.1) is 17.4 Å². The highest BCUT2D eigenvalue weighted by Gasteiger charge is 2.21. The van der Waals surface area contributed by atoms with Crippen LogP contribution in [-0.2, 0) is 16.0 Å². The van der Waals surface area contributed by atoms with Gasteiger partial charge in [-0.15, -0.1) is 0 Å². The van der Waals surface area contributed by atoms with Gasteiger partial charge in [0.15, 0.2) is 5.82 Å². The third kappa shape index (κ3) is 7.29. The minimum absolute atomic E-state index is 0.0529. The highest BCUT2D eigenvalue weighted by molar-refractivity contribution is 6.06. The highest BCUT2D eigenvalue weighted by atomic mass is 16.6. The fourth-order valence-electron chi connectivity index (χ4n) is 3.32. The molecule has 0 bridgehead atoms. The van der Waals surface area contributed by atoms with E-state index in [1.165, 1.54) is 0 Å². The number of hydrogen-bond donors (Lipinski definition) is 3. The molecule has 188 valence electrons. The molecule has 2 amide bonds. The molecule has 0 fully saturated rings. The Hall–Kier alpha value is -3.89. The molecule has 0 aliphatic carbocycles. The number of pyridine rings is 1. The number of nitrogens with one attached hydrogen (secondary N) is 2. The number of aryl methyl sites for hydroxylation is 1. The van der Waals surface area contributed by atoms with Gasteiger partial charge in [0.25, 0.3) is 0 Å². The monoisotopic (exact) mass is 483 g/mol. The van der Waals surface area contributed by atoms with Crippen LogP contribution in [0.2, 0.25) is 0 Å². The normalized spacial score (nSPS) is 11.8. The number of benzene rings is 1. The number of hydrogen-bond acceptors (Lipinski definition) is 8. The molecule has 0 saturated carbocycles. The third-order valence-electron chi connectivity index (χ3n) is 4.55. The summed E-state index contributed by atoms with van der Waals surface area (Å²) < 4.78 is 12.5. The first-order valence-electron chi connectivity index (χ1n) is 11.4. The topological polar surface area (TPSA) is 146 Å². The maximum absolute atomic E-state index is 12.2. The predicted octanol–water partition coefficient (Wildman–Crippen LogP) is 3.96. The number of fused-ring (bicyclic) bond motifs is 3. The van der Waals surface area contributed by atoms with Crippen LogP contribution in [0.5, 0.6) is 0 Å². The number of imidazole rings is 1. The third-order valence-corrected chi connectivity index (χ3v) is 4.55. The largest absolute Gasteiger partial charge is 0.444 e. The number of nitrogens with zero attached hydrogens (tertiary/aromatic N) is 4. The SMILES string of the molecule is CC(C)(C)OC(=O)NC(=NCCCn1cnc2c(N)nc3ccccc3c21)NC(=O)OC(C)(C)C. The lowest BCUT2D eigenvalue weighted by Gasteiger charge is -2.22. The van der Waals surface area contributed by atoms with Crippen molar-refractivity contribution in [2.45, 2.75) is 65.7 Å². The number of anilines is 1. The molecule has 11 nitrogen and oxygen atoms in total. The van der Waals surface area contributed by atoms with Crippen LogP contribution in [0.1, 0.15) is 48.0 Å². The van der Waals surface area contributed by atoms with Crippen molar-refractivity contribution in [3.05, 3.63) is 30.6 Å². The molecule has 0 atom stereocenters. The zero-order valence-electron chi connectivity index (χ0n) is 21.0. The number of para-hydroxylation sites is 1. The van der Waals surface area contributed by atoms with Crippen molar-refractivity contribution in [3.63, 3.8) is 0 Å². The summed E-state index contributed by atoms with van der Waals surface area (Å²) in [6.07, 6.45) is 0.847. The zero-order valence-corrected chi connectivity index (χ0v) is 21.0. The van der Waals surface area contributed by atoms with E-state index in [-0.39, 0.29) is 5.96 Å². The molecular formula is C24H33N7O4. The van der Waals surface area contributed by atoms with E-state index >= 15 is 0 Å². The van der Waals surface area contributed by atoms with Crippen LogP contribution in [0.4, 0.5) is 15.4 Å². The first kappa shape index (κ1) is 25.7. The fourth-order valence-corrected chi connectivity index (χ4v) is 3.32. The van der Waals surface area contributed by atoms with Gasteiger partial charge in [-0.1, -0.05) is 18.2 Å². The molecule has 3 rings (SSSR count). The number of carbonyl (C=O) groups is 2. The Morgan fingerprint density at radius 2 is 1.63 bits per heavy atom. The van der Waals surface area contributed by atoms with Crippen molar-refractivity contribution < 1.29 is 19.1 Å². The van der Waals surface area contributed by atoms with E-state index in [2.05, 4.69) is 25.6 Å². The van der Waals surface area contributed by atoms with E-state index < -0.39 is 23.4 Å². The lowest BCUT2D eigenvalue weighted by atomic mass is 10.2. The summed E-state index contributed by atoms with van der Waals surface area (Å²) in [4.78, 5) is 37.6. The number of alkyl carbamates (subject to hydrolysis) is 2. The van der Waals surface area contributed by atoms with Gasteiger partial charge in [0.1, 0.15) is 16.7 Å². The average Bonchev–Trinajstić information content (AvgIpc) is 3.13. The molecule has 0 aliphatic heterocycles. The molecule has 2 aromatic heterocycles. The molecule has 4 N–H and O–H groups in total. The van der Waals surface area contributed by atoms with Crippen molar-refractivity contribution >= 4 is 45.9 Å². The van der Waals surface area contributed by atoms with Crippen molar-refractivity contribution in [1.82, 2.24) is 25.2 Å². The lowest BCUT2D eigenvalue weighted by molar-refractivity contribution is 0.0545. The summed E-state index contributed by atoms with van der Waals surface area (Å²) in [7, 11) is 0. The second kappa shape index (κ2) is 10.2. The van der Waals surface area contributed by atoms with E-state index in [1.807, 2.05) is 28.8 Å². The van der Waals surface area contributed by atoms with Gasteiger partial charge in [-0.25, -0.2) is 19.6 Å². The number of carbonyl (C=O) groups excluding carboxylic acids is 2. The molecule has 3 aromatic rings. The number of aromatic nitrogens is 3. The minimum Gasteiger partial charge on any atom is -0.444 e. The van der Waals surface area contributed by atoms with E-state index in [0.717, 1.165) is 16.4 Å². The second-order valence-corrected chi connectivity index (χ2v) is 9.99. The molecule has 0 saturated heterocycles. The quantitative estimate of drug-likeness (QED) is 0.289. The summed E-state index contributed by atoms with van der Waals surface area (Å²) in [5, 5.41) is 5.91. The van der Waals surface area contributed by atoms with Gasteiger partial charge >= 0.3 is 12.2 Å². The number of nitrogens with two attached hydrogens (primary N) is 1. The number of ether oxygens (including phenoxy) is 2. The van der Waals surface area contributed by atoms with E-state index in [0.29, 0.717) is 30.8 Å². The average molecular weight is 484 g/mol. The van der Waals surface area contributed by atoms with Crippen molar-refractivity contribution in [3.8, 4) is 0 Å². The second-order valence-electron chi connectivity index (χ2n) is 9.99. The Labute approximate surface area is 204 Å². The van der Waals surface area contributed by atoms with E-state index in [9.17, 15) is 9.59 Å². The number of amides is 2. The van der Waals surface area contributed by atoms with Crippen LogP contribution >= 0.6 is 0 Å². The van der Waals surface area contributed by atoms with Gasteiger partial charge in [-0.3, -0.25) is 15.6 Å². The zero-order chi connectivity index (χ0) is 25.8. The van der Waals surface area contributed by atoms with Crippen LogP contribution in [0.25, 0.3) is 21.9 Å². The summed E-state index contributed by atoms with van der Waals surface area (Å²) in [6, 6.07) is 7.74. The summed E-state index contributed by atoms with van der Waals surface area (Å²) in [6.45, 7) is 11.3. The Morgan fingerprint density at radius 3 is 2.23 bits per heavy atom. The Balaban J connectivity index is 1.73. The maximum Gasteiger partial charge on any atom is 0.414 e. The van der Waals surface area contributed by atoms with Crippen LogP contribution in [0, 0.1) is 0 Å². The van der Waals surface area contributed by atoms with Crippen LogP contribution in [-0.4, -0.2) is 50.4 Å². The number of guanidine groups is 1. The van der Waals surface area contributed by atoms with Crippen LogP contribution in [0.3, 0.4) is 0 Å². The Bertz CT molecular complexity index is 1220. The smallest absolute Gasteiger partial charge is 0.414 e. The Morgan fingerprint density at radius 1 is 1.03 bits per heavy atom. The molecular weight excluding hydrogens is 450 g/mol. The van der Waals surface area contributed by atoms with E-state index in [4.69, 9.17) is 15.2 Å². The minimum atomic E-state index is -0.734. The summed E-state index contributed by atoms with van der Waals surface area (Å²) in [5.74, 6) is 0.323. The standard InChI is InChI=1S/C24H33N7O4/c1-23(2,3)34-21(32)29-20(30-22(33)35-24(4,5)6)26-12-9-13-31-14-27-17-18(31)15-10-7-8-11-16(15)28-19(17)25/h7-8,10-11,14H,9,12-13H2,1-6H3,(H2,25,28)(H2,26,29,30,32,33). The van der Waals surface area contributed by atoms with Gasteiger partial charge < -0.3 is 19.8 Å². The molecule has 0 unspecified atom stereocenters. The van der Waals surface area contributed by atoms with E-state index in [1.54, 1.807) is 47.9 Å². The highest BCUT2D eigenvalue weighted by Crippen LogP contribution is 2.27. The Kier molecular flexibility index (Phi) is 7.47. The summed E-state index contributed by atoms with van der Waals surface area (Å²) >= 11 is 0. The van der Waals surface area contributed by atoms with Gasteiger partial charge in [0.2, 0.25) is 5.96 Å². The first-order valence-corrected chi connectivity index (χ1v) is 11.4. The van der Waals surface area contributed by atoms with Crippen molar-refractivity contribution in [2.75, 3.05) is 12.3 Å². The number of aliphatic imine (C=N–C) groups is 1. The lowest BCUT2D eigenvalue weighted by Crippen LogP contribution is -2.47. The van der Waals surface area contributed by atoms with Crippen molar-refractivity contribution in [1.29, 1.82) is 0 Å². The molecule has 35 heavy (non-hydrogen) atoms. The summed E-state index contributed by atoms with van der Waals surface area (Å²) in [5.41, 5.74) is 7.02. The van der Waals surface area contributed by atoms with Crippen LogP contribution in [0.15, 0.2) is 35.6 Å². The first-order chi connectivity index (χ1) is 16.3. The maximum atomic E-state index is 12.2. The number of rotatable bonds is 4. The molecule has 0 aliphatic rings. The van der Waals surface area contributed by atoms with Gasteiger partial charge in [-0.2, -0.15) is 0 Å². The predicted molar refractivity (Wildman–Crippen MR) is 135 cm³/mol. The van der Waals surface area contributed by atoms with Crippen molar-refractivity contribution in [2.24, 2.45) is 4.99 Å². The molecule has 0 spiro atoms. The number of nitrogen functional groups attached to an aromatic ring is 1. The molecule has 11 heteroatoms. The van der Waals surface area contributed by atoms with Gasteiger partial charge in [-0.05, 0) is 54.0 Å². The van der Waals surface area contributed by atoms with Gasteiger partial charge in [0, 0.05) is 18.5 Å². The molecule has 0 radical (unpaired) electrons. The molecule has 1 aromatic carbocycles. The molecule has 2 heterocycles.